The standard InChI is InChI=1S/C33H45FN2O3/c34-29-15-7-14-27(21-29)30-24-36(31(32(37)38)26-12-5-2-6-13-26)23-28(30)22-35-19-17-33(39,18-20-35)16-8-11-25-9-3-1-4-10-25/h1,3-4,7,9-10,14-15,21,26,28,30-31,39H,2,5-6,8,11-13,16-20,22-24H2,(H,37,38)/t28-,30+,31+/m0/s1. The predicted molar refractivity (Wildman–Crippen MR) is 152 cm³/mol. The first-order valence-corrected chi connectivity index (χ1v) is 15.1. The Morgan fingerprint density at radius 2 is 1.74 bits per heavy atom. The number of aliphatic hydroxyl groups is 1. The van der Waals surface area contributed by atoms with Crippen LogP contribution in [0, 0.1) is 17.7 Å². The molecule has 1 aliphatic carbocycles. The number of nitrogens with zero attached hydrogens (tertiary/aromatic N) is 2. The number of aliphatic carboxylic acids is 1. The number of halogens is 1. The Morgan fingerprint density at radius 1 is 1.00 bits per heavy atom. The zero-order valence-electron chi connectivity index (χ0n) is 23.2. The van der Waals surface area contributed by atoms with E-state index in [4.69, 9.17) is 0 Å². The Morgan fingerprint density at radius 3 is 2.44 bits per heavy atom. The Labute approximate surface area is 233 Å². The van der Waals surface area contributed by atoms with Gasteiger partial charge in [-0.2, -0.15) is 0 Å². The zero-order chi connectivity index (χ0) is 27.2. The largest absolute Gasteiger partial charge is 0.480 e. The molecule has 2 saturated heterocycles. The van der Waals surface area contributed by atoms with Gasteiger partial charge in [-0.15, -0.1) is 0 Å². The molecule has 0 bridgehead atoms. The molecule has 5 nitrogen and oxygen atoms in total. The van der Waals surface area contributed by atoms with Crippen LogP contribution in [0.5, 0.6) is 0 Å². The maximum absolute atomic E-state index is 14.2. The summed E-state index contributed by atoms with van der Waals surface area (Å²) in [5.74, 6) is -0.396. The summed E-state index contributed by atoms with van der Waals surface area (Å²) in [5.41, 5.74) is 1.69. The third-order valence-electron chi connectivity index (χ3n) is 9.72. The number of carboxylic acid groups (broad SMARTS) is 1. The molecule has 2 aromatic rings. The maximum atomic E-state index is 14.2. The summed E-state index contributed by atoms with van der Waals surface area (Å²) >= 11 is 0. The second-order valence-corrected chi connectivity index (χ2v) is 12.4. The maximum Gasteiger partial charge on any atom is 0.321 e. The van der Waals surface area contributed by atoms with Crippen LogP contribution in [0.4, 0.5) is 4.39 Å². The van der Waals surface area contributed by atoms with E-state index < -0.39 is 17.6 Å². The Balaban J connectivity index is 1.22. The summed E-state index contributed by atoms with van der Waals surface area (Å²) in [6.45, 7) is 3.94. The topological polar surface area (TPSA) is 64.0 Å². The lowest BCUT2D eigenvalue weighted by molar-refractivity contribution is -0.145. The first kappa shape index (κ1) is 28.3. The fraction of sp³-hybridized carbons (Fsp3) is 0.606. The lowest BCUT2D eigenvalue weighted by Crippen LogP contribution is -2.47. The van der Waals surface area contributed by atoms with Gasteiger partial charge in [0.1, 0.15) is 11.9 Å². The van der Waals surface area contributed by atoms with Gasteiger partial charge in [-0.05, 0) is 80.0 Å². The van der Waals surface area contributed by atoms with Crippen LogP contribution in [0.25, 0.3) is 0 Å². The van der Waals surface area contributed by atoms with Crippen molar-refractivity contribution in [3.05, 3.63) is 71.5 Å². The van der Waals surface area contributed by atoms with Crippen LogP contribution >= 0.6 is 0 Å². The average Bonchev–Trinajstić information content (AvgIpc) is 3.34. The molecule has 0 radical (unpaired) electrons. The SMILES string of the molecule is O=C(O)[C@@H](C1CCCCC1)N1C[C@H](CN2CCC(O)(CCCc3ccccc3)CC2)[C@@H](c2cccc(F)c2)C1. The van der Waals surface area contributed by atoms with E-state index in [1.807, 2.05) is 12.1 Å². The highest BCUT2D eigenvalue weighted by molar-refractivity contribution is 5.74. The lowest BCUT2D eigenvalue weighted by Gasteiger charge is -2.40. The van der Waals surface area contributed by atoms with Gasteiger partial charge in [0.05, 0.1) is 5.60 Å². The highest BCUT2D eigenvalue weighted by Gasteiger charge is 2.43. The third kappa shape index (κ3) is 7.27. The number of likely N-dealkylation sites (tertiary alicyclic amines) is 2. The molecular formula is C33H45FN2O3. The number of rotatable bonds is 10. The van der Waals surface area contributed by atoms with Crippen LogP contribution in [0.15, 0.2) is 54.6 Å². The number of aryl methyl sites for hydroxylation is 1. The van der Waals surface area contributed by atoms with E-state index in [0.29, 0.717) is 6.54 Å². The summed E-state index contributed by atoms with van der Waals surface area (Å²) in [4.78, 5) is 17.1. The number of hydrogen-bond acceptors (Lipinski definition) is 4. The molecule has 39 heavy (non-hydrogen) atoms. The van der Waals surface area contributed by atoms with E-state index in [1.54, 1.807) is 12.1 Å². The van der Waals surface area contributed by atoms with Crippen LogP contribution in [0.3, 0.4) is 0 Å². The smallest absolute Gasteiger partial charge is 0.321 e. The predicted octanol–water partition coefficient (Wildman–Crippen LogP) is 5.72. The van der Waals surface area contributed by atoms with E-state index in [0.717, 1.165) is 89.5 Å². The van der Waals surface area contributed by atoms with Crippen molar-refractivity contribution in [1.29, 1.82) is 0 Å². The van der Waals surface area contributed by atoms with Crippen molar-refractivity contribution in [1.82, 2.24) is 9.80 Å². The molecule has 3 fully saturated rings. The monoisotopic (exact) mass is 536 g/mol. The van der Waals surface area contributed by atoms with Gasteiger partial charge in [0, 0.05) is 38.6 Å². The minimum Gasteiger partial charge on any atom is -0.480 e. The highest BCUT2D eigenvalue weighted by atomic mass is 19.1. The van der Waals surface area contributed by atoms with Gasteiger partial charge in [0.2, 0.25) is 0 Å². The molecule has 2 heterocycles. The van der Waals surface area contributed by atoms with Crippen molar-refractivity contribution >= 4 is 5.97 Å². The number of carboxylic acids is 1. The minimum atomic E-state index is -0.709. The van der Waals surface area contributed by atoms with E-state index in [-0.39, 0.29) is 23.6 Å². The second kappa shape index (κ2) is 12.9. The van der Waals surface area contributed by atoms with Crippen LogP contribution in [-0.4, -0.2) is 70.3 Å². The number of piperidine rings is 1. The fourth-order valence-electron chi connectivity index (χ4n) is 7.54. The van der Waals surface area contributed by atoms with Crippen LogP contribution in [0.1, 0.15) is 74.8 Å². The van der Waals surface area contributed by atoms with Crippen molar-refractivity contribution in [3.63, 3.8) is 0 Å². The second-order valence-electron chi connectivity index (χ2n) is 12.4. The average molecular weight is 537 g/mol. The van der Waals surface area contributed by atoms with Crippen molar-refractivity contribution in [3.8, 4) is 0 Å². The summed E-state index contributed by atoms with van der Waals surface area (Å²) in [7, 11) is 0. The van der Waals surface area contributed by atoms with Crippen molar-refractivity contribution in [2.75, 3.05) is 32.7 Å². The molecule has 0 unspecified atom stereocenters. The quantitative estimate of drug-likeness (QED) is 0.406. The molecule has 212 valence electrons. The van der Waals surface area contributed by atoms with Crippen LogP contribution in [0.2, 0.25) is 0 Å². The first-order chi connectivity index (χ1) is 18.9. The molecular weight excluding hydrogens is 491 g/mol. The molecule has 3 aliphatic rings. The lowest BCUT2D eigenvalue weighted by atomic mass is 9.83. The van der Waals surface area contributed by atoms with E-state index in [9.17, 15) is 19.4 Å². The number of benzene rings is 2. The summed E-state index contributed by atoms with van der Waals surface area (Å²) < 4.78 is 14.2. The molecule has 2 N–H and O–H groups in total. The van der Waals surface area contributed by atoms with Crippen molar-refractivity contribution < 1.29 is 19.4 Å². The van der Waals surface area contributed by atoms with E-state index in [1.165, 1.54) is 18.1 Å². The Hall–Kier alpha value is -2.28. The van der Waals surface area contributed by atoms with E-state index in [2.05, 4.69) is 34.1 Å². The molecule has 0 amide bonds. The third-order valence-corrected chi connectivity index (χ3v) is 9.72. The van der Waals surface area contributed by atoms with Crippen molar-refractivity contribution in [2.45, 2.75) is 81.8 Å². The summed E-state index contributed by atoms with van der Waals surface area (Å²) in [5, 5.41) is 21.5. The molecule has 3 atom stereocenters. The van der Waals surface area contributed by atoms with Crippen LogP contribution in [-0.2, 0) is 11.2 Å². The molecule has 2 aromatic carbocycles. The number of carbonyl (C=O) groups is 1. The summed E-state index contributed by atoms with van der Waals surface area (Å²) in [6, 6.07) is 16.9. The molecule has 5 rings (SSSR count). The normalized spacial score (nSPS) is 25.5. The van der Waals surface area contributed by atoms with Crippen molar-refractivity contribution in [2.24, 2.45) is 11.8 Å². The number of hydrogen-bond donors (Lipinski definition) is 2. The Bertz CT molecular complexity index is 1070. The fourth-order valence-corrected chi connectivity index (χ4v) is 7.54. The first-order valence-electron chi connectivity index (χ1n) is 15.1. The van der Waals surface area contributed by atoms with Gasteiger partial charge >= 0.3 is 5.97 Å². The van der Waals surface area contributed by atoms with Crippen LogP contribution < -0.4 is 0 Å². The van der Waals surface area contributed by atoms with Gasteiger partial charge in [0.25, 0.3) is 0 Å². The minimum absolute atomic E-state index is 0.109. The molecule has 0 spiro atoms. The molecule has 0 aromatic heterocycles. The molecule has 6 heteroatoms. The van der Waals surface area contributed by atoms with Gasteiger partial charge in [0.15, 0.2) is 0 Å². The molecule has 1 saturated carbocycles. The Kier molecular flexibility index (Phi) is 9.36. The van der Waals surface area contributed by atoms with E-state index >= 15 is 0 Å². The van der Waals surface area contributed by atoms with Gasteiger partial charge in [-0.25, -0.2) is 4.39 Å². The van der Waals surface area contributed by atoms with Gasteiger partial charge < -0.3 is 15.1 Å². The van der Waals surface area contributed by atoms with Gasteiger partial charge in [-0.1, -0.05) is 61.7 Å². The summed E-state index contributed by atoms with van der Waals surface area (Å²) in [6.07, 6.45) is 9.72. The van der Waals surface area contributed by atoms with Gasteiger partial charge in [-0.3, -0.25) is 9.69 Å². The zero-order valence-corrected chi connectivity index (χ0v) is 23.2. The molecule has 2 aliphatic heterocycles. The highest BCUT2D eigenvalue weighted by Crippen LogP contribution is 2.39.